The van der Waals surface area contributed by atoms with Gasteiger partial charge in [0.2, 0.25) is 5.91 Å². The zero-order chi connectivity index (χ0) is 21.9. The van der Waals surface area contributed by atoms with Crippen molar-refractivity contribution < 1.29 is 9.59 Å². The first kappa shape index (κ1) is 21.8. The number of aromatic amines is 1. The summed E-state index contributed by atoms with van der Waals surface area (Å²) >= 11 is 2.56. The smallest absolute Gasteiger partial charge is 0.266 e. The SMILES string of the molecule is CN(C)CC(=O)Nc1ccc(/C=c2\s/c(=C/C(=O)C(C)(C)n3cncn3)[nH]c2=O)s1. The van der Waals surface area contributed by atoms with E-state index in [9.17, 15) is 14.4 Å². The number of ketones is 1. The highest BCUT2D eigenvalue weighted by atomic mass is 32.1. The highest BCUT2D eigenvalue weighted by Gasteiger charge is 2.28. The number of rotatable bonds is 7. The lowest BCUT2D eigenvalue weighted by atomic mass is 10.00. The number of nitrogens with one attached hydrogen (secondary N) is 2. The summed E-state index contributed by atoms with van der Waals surface area (Å²) in [7, 11) is 3.64. The molecule has 0 unspecified atom stereocenters. The highest BCUT2D eigenvalue weighted by molar-refractivity contribution is 7.17. The summed E-state index contributed by atoms with van der Waals surface area (Å²) in [6.07, 6.45) is 5.99. The normalized spacial score (nSPS) is 13.2. The van der Waals surface area contributed by atoms with Crippen LogP contribution in [-0.2, 0) is 15.1 Å². The van der Waals surface area contributed by atoms with Crippen LogP contribution in [0.3, 0.4) is 0 Å². The van der Waals surface area contributed by atoms with E-state index >= 15 is 0 Å². The number of hydrogen-bond donors (Lipinski definition) is 2. The van der Waals surface area contributed by atoms with Gasteiger partial charge in [0.1, 0.15) is 18.2 Å². The average molecular weight is 447 g/mol. The number of thiazole rings is 1. The van der Waals surface area contributed by atoms with Gasteiger partial charge in [-0.2, -0.15) is 5.10 Å². The van der Waals surface area contributed by atoms with Gasteiger partial charge in [-0.3, -0.25) is 14.4 Å². The molecule has 11 heteroatoms. The monoisotopic (exact) mass is 446 g/mol. The van der Waals surface area contributed by atoms with Crippen molar-refractivity contribution in [3.63, 3.8) is 0 Å². The van der Waals surface area contributed by atoms with E-state index in [4.69, 9.17) is 0 Å². The van der Waals surface area contributed by atoms with Crippen LogP contribution in [-0.4, -0.2) is 57.0 Å². The van der Waals surface area contributed by atoms with Gasteiger partial charge in [0, 0.05) is 11.0 Å². The molecule has 0 aliphatic carbocycles. The number of thiophene rings is 1. The van der Waals surface area contributed by atoms with Gasteiger partial charge in [-0.1, -0.05) is 0 Å². The zero-order valence-electron chi connectivity index (χ0n) is 17.0. The number of H-pyrrole nitrogens is 1. The Balaban J connectivity index is 1.82. The molecular weight excluding hydrogens is 424 g/mol. The van der Waals surface area contributed by atoms with Crippen molar-refractivity contribution in [2.75, 3.05) is 26.0 Å². The molecule has 0 spiro atoms. The molecule has 9 nitrogen and oxygen atoms in total. The van der Waals surface area contributed by atoms with Crippen LogP contribution in [0.15, 0.2) is 29.6 Å². The van der Waals surface area contributed by atoms with Gasteiger partial charge in [0.15, 0.2) is 5.78 Å². The summed E-state index contributed by atoms with van der Waals surface area (Å²) in [6.45, 7) is 3.76. The van der Waals surface area contributed by atoms with Crippen LogP contribution >= 0.6 is 22.7 Å². The number of amides is 1. The molecule has 0 atom stereocenters. The molecule has 0 radical (unpaired) electrons. The van der Waals surface area contributed by atoms with Crippen LogP contribution in [0.4, 0.5) is 5.00 Å². The largest absolute Gasteiger partial charge is 0.317 e. The third-order valence-corrected chi connectivity index (χ3v) is 6.07. The second-order valence-electron chi connectivity index (χ2n) is 7.32. The van der Waals surface area contributed by atoms with Crippen LogP contribution in [0, 0.1) is 0 Å². The molecule has 0 fully saturated rings. The van der Waals surface area contributed by atoms with Gasteiger partial charge >= 0.3 is 0 Å². The Morgan fingerprint density at radius 3 is 2.73 bits per heavy atom. The molecule has 0 aliphatic heterocycles. The number of Topliss-reactive ketones (excluding diaryl/α,β-unsaturated/α-hetero) is 1. The molecule has 0 bridgehead atoms. The molecule has 3 aromatic heterocycles. The van der Waals surface area contributed by atoms with Crippen LogP contribution in [0.25, 0.3) is 12.2 Å². The molecular formula is C19H22N6O3S2. The first-order valence-corrected chi connectivity index (χ1v) is 10.6. The molecule has 2 N–H and O–H groups in total. The van der Waals surface area contributed by atoms with Gasteiger partial charge in [-0.25, -0.2) is 9.67 Å². The Kier molecular flexibility index (Phi) is 6.44. The van der Waals surface area contributed by atoms with E-state index in [-0.39, 0.29) is 17.2 Å². The van der Waals surface area contributed by atoms with E-state index < -0.39 is 5.54 Å². The predicted octanol–water partition coefficient (Wildman–Crippen LogP) is 0.203. The summed E-state index contributed by atoms with van der Waals surface area (Å²) in [5.74, 6) is -0.313. The van der Waals surface area contributed by atoms with Crippen molar-refractivity contribution in [1.29, 1.82) is 0 Å². The van der Waals surface area contributed by atoms with Crippen LogP contribution < -0.4 is 20.1 Å². The average Bonchev–Trinajstić information content (AvgIpc) is 3.37. The van der Waals surface area contributed by atoms with E-state index in [2.05, 4.69) is 20.4 Å². The molecule has 3 rings (SSSR count). The van der Waals surface area contributed by atoms with E-state index in [1.54, 1.807) is 30.9 Å². The van der Waals surface area contributed by atoms with Crippen molar-refractivity contribution in [2.45, 2.75) is 19.4 Å². The molecule has 158 valence electrons. The number of aromatic nitrogens is 4. The lowest BCUT2D eigenvalue weighted by Crippen LogP contribution is -2.36. The van der Waals surface area contributed by atoms with Crippen molar-refractivity contribution >= 4 is 51.5 Å². The third-order valence-electron chi connectivity index (χ3n) is 4.16. The minimum atomic E-state index is -0.922. The minimum Gasteiger partial charge on any atom is -0.317 e. The molecule has 3 aromatic rings. The van der Waals surface area contributed by atoms with Gasteiger partial charge in [0.05, 0.1) is 20.7 Å². The van der Waals surface area contributed by atoms with Crippen molar-refractivity contribution in [2.24, 2.45) is 0 Å². The van der Waals surface area contributed by atoms with E-state index in [1.165, 1.54) is 46.1 Å². The molecule has 30 heavy (non-hydrogen) atoms. The third kappa shape index (κ3) is 5.17. The van der Waals surface area contributed by atoms with Crippen molar-refractivity contribution in [1.82, 2.24) is 24.6 Å². The van der Waals surface area contributed by atoms with Gasteiger partial charge in [-0.15, -0.1) is 22.7 Å². The molecule has 3 heterocycles. The number of hydrogen-bond acceptors (Lipinski definition) is 8. The zero-order valence-corrected chi connectivity index (χ0v) is 18.6. The topological polar surface area (TPSA) is 113 Å². The Hall–Kier alpha value is -2.89. The Labute approximate surface area is 180 Å². The second kappa shape index (κ2) is 8.86. The maximum Gasteiger partial charge on any atom is 0.266 e. The van der Waals surface area contributed by atoms with Crippen LogP contribution in [0.1, 0.15) is 18.7 Å². The lowest BCUT2D eigenvalue weighted by Gasteiger charge is -2.20. The van der Waals surface area contributed by atoms with E-state index in [0.29, 0.717) is 20.7 Å². The molecule has 0 aromatic carbocycles. The van der Waals surface area contributed by atoms with Crippen molar-refractivity contribution in [3.8, 4) is 0 Å². The maximum absolute atomic E-state index is 12.7. The quantitative estimate of drug-likeness (QED) is 0.536. The summed E-state index contributed by atoms with van der Waals surface area (Å²) < 4.78 is 2.41. The summed E-state index contributed by atoms with van der Waals surface area (Å²) in [5.41, 5.74) is -1.20. The molecule has 0 aliphatic rings. The van der Waals surface area contributed by atoms with Crippen molar-refractivity contribution in [3.05, 3.63) is 49.2 Å². The predicted molar refractivity (Wildman–Crippen MR) is 118 cm³/mol. The molecule has 0 saturated heterocycles. The van der Waals surface area contributed by atoms with E-state index in [0.717, 1.165) is 4.88 Å². The first-order chi connectivity index (χ1) is 14.1. The Bertz CT molecular complexity index is 1220. The standard InChI is InChI=1S/C19H22N6O3S2/c1-19(2,25-11-20-10-21-25)14(26)8-17-23-18(28)13(30-17)7-12-5-6-16(29-12)22-15(27)9-24(3)4/h5-8,10-11H,9H2,1-4H3,(H,22,27)(H,23,28)/b13-7-,17-8+. The Morgan fingerprint density at radius 1 is 1.30 bits per heavy atom. The fourth-order valence-electron chi connectivity index (χ4n) is 2.52. The van der Waals surface area contributed by atoms with Crippen LogP contribution in [0.5, 0.6) is 0 Å². The Morgan fingerprint density at radius 2 is 2.07 bits per heavy atom. The number of likely N-dealkylation sites (N-methyl/N-ethyl adjacent to an activating group) is 1. The van der Waals surface area contributed by atoms with Crippen LogP contribution in [0.2, 0.25) is 0 Å². The molecule has 1 amide bonds. The number of nitrogens with zero attached hydrogens (tertiary/aromatic N) is 4. The fourth-order valence-corrected chi connectivity index (χ4v) is 4.34. The van der Waals surface area contributed by atoms with Gasteiger partial charge in [-0.05, 0) is 46.2 Å². The van der Waals surface area contributed by atoms with E-state index in [1.807, 2.05) is 20.2 Å². The number of anilines is 1. The minimum absolute atomic E-state index is 0.104. The fraction of sp³-hybridized carbons (Fsp3) is 0.316. The van der Waals surface area contributed by atoms with Gasteiger partial charge in [0.25, 0.3) is 5.56 Å². The highest BCUT2D eigenvalue weighted by Crippen LogP contribution is 2.22. The molecule has 0 saturated carbocycles. The maximum atomic E-state index is 12.7. The summed E-state index contributed by atoms with van der Waals surface area (Å²) in [6, 6.07) is 3.63. The lowest BCUT2D eigenvalue weighted by molar-refractivity contribution is -0.120. The van der Waals surface area contributed by atoms with Gasteiger partial charge < -0.3 is 15.2 Å². The summed E-state index contributed by atoms with van der Waals surface area (Å²) in [5, 5.41) is 7.56. The number of carbonyl (C=O) groups excluding carboxylic acids is 2. The summed E-state index contributed by atoms with van der Waals surface area (Å²) in [4.78, 5) is 46.0. The first-order valence-electron chi connectivity index (χ1n) is 9.01. The number of carbonyl (C=O) groups is 2. The second-order valence-corrected chi connectivity index (χ2v) is 9.52.